The Hall–Kier alpha value is -1.78. The first-order chi connectivity index (χ1) is 17.4. The van der Waals surface area contributed by atoms with Gasteiger partial charge in [-0.05, 0) is 50.5 Å². The van der Waals surface area contributed by atoms with Gasteiger partial charge in [0.05, 0.1) is 29.8 Å². The third kappa shape index (κ3) is 4.43. The van der Waals surface area contributed by atoms with E-state index < -0.39 is 22.6 Å². The molecule has 3 heterocycles. The highest BCUT2D eigenvalue weighted by Crippen LogP contribution is 2.67. The van der Waals surface area contributed by atoms with Crippen LogP contribution in [0.15, 0.2) is 24.3 Å². The fraction of sp³-hybridized carbons (Fsp3) is 0.654. The summed E-state index contributed by atoms with van der Waals surface area (Å²) >= 11 is 5.39. The van der Waals surface area contributed by atoms with Gasteiger partial charge in [0.2, 0.25) is 17.7 Å². The van der Waals surface area contributed by atoms with E-state index in [2.05, 4.69) is 26.6 Å². The Morgan fingerprint density at radius 2 is 1.92 bits per heavy atom. The summed E-state index contributed by atoms with van der Waals surface area (Å²) in [5.41, 5.74) is 0.639. The number of carbonyl (C=O) groups is 3. The van der Waals surface area contributed by atoms with Crippen LogP contribution in [0.4, 0.5) is 5.69 Å². The van der Waals surface area contributed by atoms with Crippen LogP contribution in [-0.4, -0.2) is 74.4 Å². The average molecular weight is 581 g/mol. The molecule has 1 aromatic rings. The van der Waals surface area contributed by atoms with Crippen molar-refractivity contribution >= 4 is 51.1 Å². The van der Waals surface area contributed by atoms with Gasteiger partial charge in [0, 0.05) is 28.4 Å². The average Bonchev–Trinajstić information content (AvgIpc) is 3.45. The second kappa shape index (κ2) is 10.5. The number of amides is 3. The van der Waals surface area contributed by atoms with Gasteiger partial charge in [-0.15, -0.1) is 11.8 Å². The van der Waals surface area contributed by atoms with E-state index in [4.69, 9.17) is 4.74 Å². The van der Waals surface area contributed by atoms with E-state index >= 15 is 0 Å². The summed E-state index contributed by atoms with van der Waals surface area (Å²) < 4.78 is 4.79. The van der Waals surface area contributed by atoms with Gasteiger partial charge in [0.15, 0.2) is 0 Å². The Kier molecular flexibility index (Phi) is 7.56. The number of alkyl halides is 1. The Morgan fingerprint density at radius 1 is 1.19 bits per heavy atom. The van der Waals surface area contributed by atoms with Crippen molar-refractivity contribution in [3.8, 4) is 5.75 Å². The van der Waals surface area contributed by atoms with Crippen LogP contribution in [-0.2, 0) is 14.4 Å². The van der Waals surface area contributed by atoms with E-state index in [1.165, 1.54) is 11.3 Å². The third-order valence-electron chi connectivity index (χ3n) is 8.07. The molecule has 6 atom stereocenters. The van der Waals surface area contributed by atoms with E-state index in [0.717, 1.165) is 31.4 Å². The van der Waals surface area contributed by atoms with E-state index in [1.54, 1.807) is 36.0 Å². The Morgan fingerprint density at radius 3 is 2.58 bits per heavy atom. The summed E-state index contributed by atoms with van der Waals surface area (Å²) in [5, 5.41) is 15.9. The van der Waals surface area contributed by atoms with E-state index in [9.17, 15) is 19.5 Å². The molecule has 3 unspecified atom stereocenters. The van der Waals surface area contributed by atoms with Crippen molar-refractivity contribution in [1.82, 2.24) is 10.2 Å². The molecular formula is C26H34BrN3O5S. The number of ether oxygens (including phenoxy) is 1. The zero-order valence-electron chi connectivity index (χ0n) is 20.5. The van der Waals surface area contributed by atoms with Crippen molar-refractivity contribution in [1.29, 1.82) is 0 Å². The molecule has 4 fully saturated rings. The minimum Gasteiger partial charge on any atom is -0.494 e. The second-order valence-electron chi connectivity index (χ2n) is 10.2. The zero-order valence-corrected chi connectivity index (χ0v) is 22.9. The summed E-state index contributed by atoms with van der Waals surface area (Å²) in [5.74, 6) is -1.000. The van der Waals surface area contributed by atoms with Crippen LogP contribution in [0.3, 0.4) is 0 Å². The fourth-order valence-electron chi connectivity index (χ4n) is 6.63. The molecule has 3 N–H and O–H groups in total. The standard InChI is InChI=1S/C26H34BrN3O5S/c1-2-35-17-10-8-16(9-11-17)28-23(32)19-20-25(34)30(12-13-31)22(26(20)14-18(27)21(19)36-26)24(33)29-15-6-4-3-5-7-15/h8-11,15,18-22,31H,2-7,12-14H2,1H3,(H,28,32)(H,29,33)/t18?,19-,20+,21-,22?,26?/m1/s1. The topological polar surface area (TPSA) is 108 Å². The highest BCUT2D eigenvalue weighted by atomic mass is 79.9. The molecule has 8 nitrogen and oxygen atoms in total. The van der Waals surface area contributed by atoms with E-state index in [1.807, 2.05) is 6.92 Å². The molecular weight excluding hydrogens is 546 g/mol. The molecule has 2 bridgehead atoms. The number of rotatable bonds is 8. The van der Waals surface area contributed by atoms with Gasteiger partial charge >= 0.3 is 0 Å². The van der Waals surface area contributed by atoms with Gasteiger partial charge in [-0.3, -0.25) is 14.4 Å². The maximum absolute atomic E-state index is 13.8. The predicted octanol–water partition coefficient (Wildman–Crippen LogP) is 2.93. The van der Waals surface area contributed by atoms with Crippen LogP contribution in [0.5, 0.6) is 5.75 Å². The predicted molar refractivity (Wildman–Crippen MR) is 142 cm³/mol. The Balaban J connectivity index is 1.40. The van der Waals surface area contributed by atoms with Gasteiger partial charge in [0.1, 0.15) is 11.8 Å². The van der Waals surface area contributed by atoms with Gasteiger partial charge < -0.3 is 25.4 Å². The Bertz CT molecular complexity index is 1000. The Labute approximate surface area is 224 Å². The van der Waals surface area contributed by atoms with Crippen molar-refractivity contribution in [3.63, 3.8) is 0 Å². The highest BCUT2D eigenvalue weighted by Gasteiger charge is 2.75. The number of benzene rings is 1. The molecule has 3 saturated heterocycles. The number of nitrogens with one attached hydrogen (secondary N) is 2. The number of aliphatic hydroxyl groups is 1. The van der Waals surface area contributed by atoms with Crippen molar-refractivity contribution in [2.24, 2.45) is 11.8 Å². The number of carbonyl (C=O) groups excluding carboxylic acids is 3. The number of β-amino-alcohol motifs (C(OH)–C–C–N with tert-alkyl or cyclic N) is 1. The lowest BCUT2D eigenvalue weighted by atomic mass is 9.70. The quantitative estimate of drug-likeness (QED) is 0.409. The molecule has 1 spiro atoms. The molecule has 36 heavy (non-hydrogen) atoms. The van der Waals surface area contributed by atoms with Crippen LogP contribution < -0.4 is 15.4 Å². The molecule has 4 aliphatic rings. The summed E-state index contributed by atoms with van der Waals surface area (Å²) in [6.07, 6.45) is 5.91. The zero-order chi connectivity index (χ0) is 25.4. The van der Waals surface area contributed by atoms with Crippen LogP contribution in [0.2, 0.25) is 0 Å². The molecule has 10 heteroatoms. The first-order valence-electron chi connectivity index (χ1n) is 13.0. The maximum Gasteiger partial charge on any atom is 0.244 e. The molecule has 1 aromatic carbocycles. The molecule has 3 aliphatic heterocycles. The number of fused-ring (bicyclic) bond motifs is 1. The van der Waals surface area contributed by atoms with Crippen LogP contribution in [0.1, 0.15) is 45.4 Å². The molecule has 0 aromatic heterocycles. The number of hydrogen-bond acceptors (Lipinski definition) is 6. The minimum absolute atomic E-state index is 0.0155. The molecule has 5 rings (SSSR count). The first-order valence-corrected chi connectivity index (χ1v) is 14.8. The monoisotopic (exact) mass is 579 g/mol. The SMILES string of the molecule is CCOc1ccc(NC(=O)[C@H]2[C@@H]3SC4(CC3Br)C(C(=O)NC3CCCCC3)N(CCO)C(=O)[C@H]24)cc1. The lowest BCUT2D eigenvalue weighted by molar-refractivity contribution is -0.139. The lowest BCUT2D eigenvalue weighted by Crippen LogP contribution is -2.56. The maximum atomic E-state index is 13.8. The summed E-state index contributed by atoms with van der Waals surface area (Å²) in [7, 11) is 0. The molecule has 3 amide bonds. The number of anilines is 1. The number of aliphatic hydroxyl groups excluding tert-OH is 1. The van der Waals surface area contributed by atoms with Gasteiger partial charge in [-0.25, -0.2) is 0 Å². The number of hydrogen-bond donors (Lipinski definition) is 3. The van der Waals surface area contributed by atoms with Gasteiger partial charge in [0.25, 0.3) is 0 Å². The summed E-state index contributed by atoms with van der Waals surface area (Å²) in [4.78, 5) is 42.6. The van der Waals surface area contributed by atoms with E-state index in [0.29, 0.717) is 18.7 Å². The largest absolute Gasteiger partial charge is 0.494 e. The smallest absolute Gasteiger partial charge is 0.244 e. The molecule has 1 saturated carbocycles. The fourth-order valence-corrected chi connectivity index (χ4v) is 10.2. The summed E-state index contributed by atoms with van der Waals surface area (Å²) in [6.45, 7) is 2.34. The third-order valence-corrected chi connectivity index (χ3v) is 11.3. The van der Waals surface area contributed by atoms with Crippen molar-refractivity contribution in [2.75, 3.05) is 25.1 Å². The summed E-state index contributed by atoms with van der Waals surface area (Å²) in [6, 6.07) is 6.62. The van der Waals surface area contributed by atoms with Crippen molar-refractivity contribution < 1.29 is 24.2 Å². The molecule has 0 radical (unpaired) electrons. The molecule has 1 aliphatic carbocycles. The van der Waals surface area contributed by atoms with Gasteiger partial charge in [-0.2, -0.15) is 0 Å². The minimum atomic E-state index is -0.692. The number of thioether (sulfide) groups is 1. The normalized spacial score (nSPS) is 33.5. The van der Waals surface area contributed by atoms with Crippen LogP contribution >= 0.6 is 27.7 Å². The lowest BCUT2D eigenvalue weighted by Gasteiger charge is -2.36. The number of nitrogens with zero attached hydrogens (tertiary/aromatic N) is 1. The van der Waals surface area contributed by atoms with Crippen molar-refractivity contribution in [3.05, 3.63) is 24.3 Å². The number of likely N-dealkylation sites (tertiary alicyclic amines) is 1. The highest BCUT2D eigenvalue weighted by molar-refractivity contribution is 9.09. The first kappa shape index (κ1) is 25.9. The van der Waals surface area contributed by atoms with Crippen LogP contribution in [0, 0.1) is 11.8 Å². The molecule has 196 valence electrons. The van der Waals surface area contributed by atoms with Crippen LogP contribution in [0.25, 0.3) is 0 Å². The van der Waals surface area contributed by atoms with Crippen molar-refractivity contribution in [2.45, 2.75) is 72.4 Å². The van der Waals surface area contributed by atoms with Gasteiger partial charge in [-0.1, -0.05) is 35.2 Å². The second-order valence-corrected chi connectivity index (χ2v) is 12.9. The number of halogens is 1. The van der Waals surface area contributed by atoms with E-state index in [-0.39, 0.29) is 47.0 Å².